The summed E-state index contributed by atoms with van der Waals surface area (Å²) in [5, 5.41) is 3.44. The van der Waals surface area contributed by atoms with E-state index < -0.39 is 9.84 Å². The molecule has 4 nitrogen and oxygen atoms in total. The van der Waals surface area contributed by atoms with Gasteiger partial charge < -0.3 is 10.1 Å². The van der Waals surface area contributed by atoms with E-state index in [1.54, 1.807) is 6.07 Å². The number of ether oxygens (including phenoxy) is 1. The largest absolute Gasteiger partial charge is 0.494 e. The molecule has 106 valence electrons. The highest BCUT2D eigenvalue weighted by Crippen LogP contribution is 2.39. The summed E-state index contributed by atoms with van der Waals surface area (Å²) in [6.45, 7) is 3.05. The molecule has 0 aliphatic carbocycles. The number of sulfone groups is 1. The second-order valence-electron chi connectivity index (χ2n) is 5.12. The van der Waals surface area contributed by atoms with Crippen molar-refractivity contribution in [3.63, 3.8) is 0 Å². The monoisotopic (exact) mass is 347 g/mol. The quantitative estimate of drug-likeness (QED) is 0.912. The van der Waals surface area contributed by atoms with E-state index in [0.29, 0.717) is 10.2 Å². The maximum Gasteiger partial charge on any atom is 0.179 e. The Labute approximate surface area is 122 Å². The van der Waals surface area contributed by atoms with Crippen LogP contribution >= 0.6 is 15.9 Å². The number of benzene rings is 1. The lowest BCUT2D eigenvalue weighted by molar-refractivity contribution is 0.395. The van der Waals surface area contributed by atoms with Gasteiger partial charge in [-0.25, -0.2) is 8.42 Å². The van der Waals surface area contributed by atoms with Crippen molar-refractivity contribution in [2.24, 2.45) is 0 Å². The fraction of sp³-hybridized carbons (Fsp3) is 0.538. The molecule has 1 aliphatic heterocycles. The van der Waals surface area contributed by atoms with E-state index in [2.05, 4.69) is 28.2 Å². The van der Waals surface area contributed by atoms with E-state index in [0.717, 1.165) is 24.9 Å². The number of hydrogen-bond acceptors (Lipinski definition) is 4. The van der Waals surface area contributed by atoms with Gasteiger partial charge in [0.05, 0.1) is 11.6 Å². The molecule has 0 spiro atoms. The topological polar surface area (TPSA) is 55.4 Å². The summed E-state index contributed by atoms with van der Waals surface area (Å²) in [6.07, 6.45) is 3.29. The van der Waals surface area contributed by atoms with Gasteiger partial charge in [0.25, 0.3) is 0 Å². The number of nitrogens with one attached hydrogen (secondary N) is 1. The van der Waals surface area contributed by atoms with E-state index >= 15 is 0 Å². The number of halogens is 1. The van der Waals surface area contributed by atoms with Gasteiger partial charge in [0, 0.05) is 11.8 Å². The molecular weight excluding hydrogens is 330 g/mol. The minimum absolute atomic E-state index is 0.172. The van der Waals surface area contributed by atoms with Gasteiger partial charge in [0.2, 0.25) is 0 Å². The van der Waals surface area contributed by atoms with Crippen molar-refractivity contribution in [2.45, 2.75) is 30.2 Å². The van der Waals surface area contributed by atoms with E-state index in [1.165, 1.54) is 13.4 Å². The molecule has 1 atom stereocenters. The van der Waals surface area contributed by atoms with Crippen LogP contribution in [0.4, 0.5) is 0 Å². The predicted molar refractivity (Wildman–Crippen MR) is 78.4 cm³/mol. The SMILES string of the molecule is COc1c(Br)cc(C2(C)CCCN2)cc1S(C)(=O)=O. The second kappa shape index (κ2) is 5.07. The average molecular weight is 348 g/mol. The van der Waals surface area contributed by atoms with Gasteiger partial charge in [-0.2, -0.15) is 0 Å². The van der Waals surface area contributed by atoms with Crippen molar-refractivity contribution in [3.8, 4) is 5.75 Å². The Morgan fingerprint density at radius 1 is 1.42 bits per heavy atom. The molecule has 0 saturated carbocycles. The smallest absolute Gasteiger partial charge is 0.179 e. The summed E-state index contributed by atoms with van der Waals surface area (Å²) in [6, 6.07) is 3.66. The molecule has 1 aliphatic rings. The third-order valence-corrected chi connectivity index (χ3v) is 5.31. The van der Waals surface area contributed by atoms with Gasteiger partial charge >= 0.3 is 0 Å². The molecule has 1 N–H and O–H groups in total. The fourth-order valence-electron chi connectivity index (χ4n) is 2.50. The molecule has 0 radical (unpaired) electrons. The van der Waals surface area contributed by atoms with E-state index in [9.17, 15) is 8.42 Å². The highest BCUT2D eigenvalue weighted by molar-refractivity contribution is 9.10. The standard InChI is InChI=1S/C13H18BrNO3S/c1-13(5-4-6-15-13)9-7-10(14)12(18-2)11(8-9)19(3,16)17/h7-8,15H,4-6H2,1-3H3. The minimum atomic E-state index is -3.33. The molecule has 1 unspecified atom stereocenters. The molecule has 19 heavy (non-hydrogen) atoms. The Kier molecular flexibility index (Phi) is 3.95. The summed E-state index contributed by atoms with van der Waals surface area (Å²) < 4.78 is 29.7. The lowest BCUT2D eigenvalue weighted by Gasteiger charge is -2.26. The van der Waals surface area contributed by atoms with Crippen LogP contribution in [0.1, 0.15) is 25.3 Å². The van der Waals surface area contributed by atoms with Crippen molar-refractivity contribution >= 4 is 25.8 Å². The van der Waals surface area contributed by atoms with Gasteiger partial charge in [0.15, 0.2) is 15.6 Å². The van der Waals surface area contributed by atoms with E-state index in [-0.39, 0.29) is 10.4 Å². The Hall–Kier alpha value is -0.590. The van der Waals surface area contributed by atoms with Crippen molar-refractivity contribution in [3.05, 3.63) is 22.2 Å². The molecule has 1 saturated heterocycles. The molecule has 2 rings (SSSR count). The first-order chi connectivity index (χ1) is 8.78. The van der Waals surface area contributed by atoms with Crippen LogP contribution in [0.15, 0.2) is 21.5 Å². The zero-order valence-corrected chi connectivity index (χ0v) is 13.7. The van der Waals surface area contributed by atoms with E-state index in [4.69, 9.17) is 4.74 Å². The molecule has 0 aromatic heterocycles. The third kappa shape index (κ3) is 2.80. The molecule has 0 amide bonds. The lowest BCUT2D eigenvalue weighted by Crippen LogP contribution is -2.33. The number of hydrogen-bond donors (Lipinski definition) is 1. The summed E-state index contributed by atoms with van der Waals surface area (Å²) >= 11 is 3.40. The van der Waals surface area contributed by atoms with Crippen LogP contribution in [0.2, 0.25) is 0 Å². The van der Waals surface area contributed by atoms with Crippen LogP contribution in [0.25, 0.3) is 0 Å². The molecule has 1 heterocycles. The van der Waals surface area contributed by atoms with Crippen LogP contribution in [0.3, 0.4) is 0 Å². The normalized spacial score (nSPS) is 23.6. The van der Waals surface area contributed by atoms with Crippen LogP contribution < -0.4 is 10.1 Å². The second-order valence-corrected chi connectivity index (χ2v) is 7.96. The fourth-order valence-corrected chi connectivity index (χ4v) is 4.13. The van der Waals surface area contributed by atoms with Crippen LogP contribution in [0, 0.1) is 0 Å². The first-order valence-corrected chi connectivity index (χ1v) is 8.79. The Morgan fingerprint density at radius 2 is 2.11 bits per heavy atom. The average Bonchev–Trinajstić information content (AvgIpc) is 2.75. The first-order valence-electron chi connectivity index (χ1n) is 6.11. The summed E-state index contributed by atoms with van der Waals surface area (Å²) in [5.74, 6) is 0.368. The summed E-state index contributed by atoms with van der Waals surface area (Å²) in [4.78, 5) is 0.231. The zero-order valence-electron chi connectivity index (χ0n) is 11.3. The first kappa shape index (κ1) is 14.8. The Balaban J connectivity index is 2.63. The number of rotatable bonds is 3. The Morgan fingerprint density at radius 3 is 2.58 bits per heavy atom. The van der Waals surface area contributed by atoms with Crippen molar-refractivity contribution in [1.82, 2.24) is 5.32 Å². The maximum absolute atomic E-state index is 11.9. The third-order valence-electron chi connectivity index (χ3n) is 3.62. The van der Waals surface area contributed by atoms with E-state index in [1.807, 2.05) is 6.07 Å². The summed E-state index contributed by atoms with van der Waals surface area (Å²) in [7, 11) is -1.85. The molecule has 0 bridgehead atoms. The minimum Gasteiger partial charge on any atom is -0.494 e. The lowest BCUT2D eigenvalue weighted by atomic mass is 9.90. The highest BCUT2D eigenvalue weighted by atomic mass is 79.9. The molecule has 1 aromatic carbocycles. The molecule has 1 aromatic rings. The van der Waals surface area contributed by atoms with Crippen molar-refractivity contribution < 1.29 is 13.2 Å². The highest BCUT2D eigenvalue weighted by Gasteiger charge is 2.32. The van der Waals surface area contributed by atoms with Crippen LogP contribution in [-0.2, 0) is 15.4 Å². The predicted octanol–water partition coefficient (Wildman–Crippen LogP) is 2.46. The zero-order chi connectivity index (χ0) is 14.3. The van der Waals surface area contributed by atoms with Gasteiger partial charge in [-0.3, -0.25) is 0 Å². The van der Waals surface area contributed by atoms with Gasteiger partial charge in [-0.15, -0.1) is 0 Å². The molecular formula is C13H18BrNO3S. The van der Waals surface area contributed by atoms with Gasteiger partial charge in [-0.05, 0) is 59.9 Å². The van der Waals surface area contributed by atoms with Gasteiger partial charge in [0.1, 0.15) is 4.90 Å². The van der Waals surface area contributed by atoms with Crippen LogP contribution in [-0.4, -0.2) is 28.3 Å². The van der Waals surface area contributed by atoms with Crippen molar-refractivity contribution in [1.29, 1.82) is 0 Å². The molecule has 1 fully saturated rings. The number of methoxy groups -OCH3 is 1. The van der Waals surface area contributed by atoms with Gasteiger partial charge in [-0.1, -0.05) is 0 Å². The van der Waals surface area contributed by atoms with Crippen molar-refractivity contribution in [2.75, 3.05) is 19.9 Å². The Bertz CT molecular complexity index is 592. The molecule has 6 heteroatoms. The summed E-state index contributed by atoms with van der Waals surface area (Å²) in [5.41, 5.74) is 0.798. The maximum atomic E-state index is 11.9. The van der Waals surface area contributed by atoms with Crippen LogP contribution in [0.5, 0.6) is 5.75 Å².